The minimum atomic E-state index is -5.06. The average Bonchev–Trinajstić information content (AvgIpc) is 2.03. The van der Waals surface area contributed by atoms with Crippen molar-refractivity contribution in [2.24, 2.45) is 0 Å². The Labute approximate surface area is 51.8 Å². The van der Waals surface area contributed by atoms with E-state index in [0.29, 0.717) is 0 Å². The highest BCUT2D eigenvalue weighted by molar-refractivity contribution is 5.01. The molecule has 1 heterocycles. The first-order chi connectivity index (χ1) is 4.28. The molecule has 1 fully saturated rings. The van der Waals surface area contributed by atoms with Gasteiger partial charge >= 0.3 is 12.2 Å². The molecule has 2 nitrogen and oxygen atoms in total. The summed E-state index contributed by atoms with van der Waals surface area (Å²) in [4.78, 5) is 0. The Balaban J connectivity index is 2.66. The molecule has 10 heavy (non-hydrogen) atoms. The van der Waals surface area contributed by atoms with Crippen molar-refractivity contribution in [1.29, 1.82) is 0 Å². The summed E-state index contributed by atoms with van der Waals surface area (Å²) in [6.45, 7) is 0. The summed E-state index contributed by atoms with van der Waals surface area (Å²) in [5, 5.41) is 6.83. The van der Waals surface area contributed by atoms with E-state index in [1.165, 1.54) is 0 Å². The Kier molecular flexibility index (Phi) is 1.22. The third-order valence-electron chi connectivity index (χ3n) is 1.12. The van der Waals surface area contributed by atoms with E-state index in [-0.39, 0.29) is 0 Å². The second-order valence-electron chi connectivity index (χ2n) is 1.88. The first-order valence-corrected chi connectivity index (χ1v) is 2.20. The molecule has 1 rings (SSSR count). The van der Waals surface area contributed by atoms with Gasteiger partial charge in [-0.2, -0.15) is 22.0 Å². The SMILES string of the molecule is ON1C(C(F)(F)F)C1(F)F. The van der Waals surface area contributed by atoms with Gasteiger partial charge in [-0.05, 0) is 0 Å². The molecule has 7 heteroatoms. The Hall–Kier alpha value is -0.430. The first-order valence-electron chi connectivity index (χ1n) is 2.20. The number of hydroxylamine groups is 2. The fraction of sp³-hybridized carbons (Fsp3) is 1.00. The second kappa shape index (κ2) is 1.59. The van der Waals surface area contributed by atoms with Crippen LogP contribution in [0, 0.1) is 0 Å². The van der Waals surface area contributed by atoms with Crippen LogP contribution in [0.1, 0.15) is 0 Å². The molecule has 0 bridgehead atoms. The molecular weight excluding hydrogens is 161 g/mol. The van der Waals surface area contributed by atoms with Crippen LogP contribution in [0.5, 0.6) is 0 Å². The van der Waals surface area contributed by atoms with Crippen LogP contribution in [0.25, 0.3) is 0 Å². The summed E-state index contributed by atoms with van der Waals surface area (Å²) in [5.74, 6) is 0. The van der Waals surface area contributed by atoms with Crippen molar-refractivity contribution in [2.75, 3.05) is 0 Å². The number of alkyl halides is 5. The standard InChI is InChI=1S/C3H2F5NO/c4-2(5,6)1-3(7,8)9(1)10/h1,10H. The largest absolute Gasteiger partial charge is 0.414 e. The summed E-state index contributed by atoms with van der Waals surface area (Å²) in [6, 6.07) is -7.14. The van der Waals surface area contributed by atoms with Crippen molar-refractivity contribution in [3.63, 3.8) is 0 Å². The highest BCUT2D eigenvalue weighted by atomic mass is 19.4. The smallest absolute Gasteiger partial charge is 0.308 e. The Morgan fingerprint density at radius 2 is 1.60 bits per heavy atom. The molecular formula is C3H2F5NO. The normalized spacial score (nSPS) is 37.8. The maximum atomic E-state index is 11.6. The van der Waals surface area contributed by atoms with E-state index in [9.17, 15) is 22.0 Å². The molecule has 0 saturated carbocycles. The fourth-order valence-electron chi connectivity index (χ4n) is 0.569. The Bertz CT molecular complexity index is 143. The van der Waals surface area contributed by atoms with E-state index in [1.54, 1.807) is 0 Å². The second-order valence-corrected chi connectivity index (χ2v) is 1.88. The van der Waals surface area contributed by atoms with E-state index in [2.05, 4.69) is 0 Å². The third-order valence-corrected chi connectivity index (χ3v) is 1.12. The molecule has 1 aliphatic heterocycles. The molecule has 0 spiro atoms. The number of nitrogens with zero attached hydrogens (tertiary/aromatic N) is 1. The van der Waals surface area contributed by atoms with Crippen LogP contribution in [0.3, 0.4) is 0 Å². The van der Waals surface area contributed by atoms with Gasteiger partial charge in [-0.3, -0.25) is 0 Å². The quantitative estimate of drug-likeness (QED) is 0.329. The molecule has 0 aromatic rings. The van der Waals surface area contributed by atoms with Crippen molar-refractivity contribution in [2.45, 2.75) is 18.3 Å². The first kappa shape index (κ1) is 7.67. The van der Waals surface area contributed by atoms with Crippen molar-refractivity contribution >= 4 is 0 Å². The molecule has 0 radical (unpaired) electrons. The lowest BCUT2D eigenvalue weighted by atomic mass is 10.4. The Morgan fingerprint density at radius 3 is 1.60 bits per heavy atom. The number of hydrogen-bond donors (Lipinski definition) is 1. The fourth-order valence-corrected chi connectivity index (χ4v) is 0.569. The highest BCUT2D eigenvalue weighted by Gasteiger charge is 2.78. The molecule has 2 unspecified atom stereocenters. The summed E-state index contributed by atoms with van der Waals surface area (Å²) in [5.41, 5.74) is 0. The molecule has 1 saturated heterocycles. The van der Waals surface area contributed by atoms with Crippen LogP contribution >= 0.6 is 0 Å². The lowest BCUT2D eigenvalue weighted by Gasteiger charge is -1.99. The van der Waals surface area contributed by atoms with Crippen molar-refractivity contribution in [3.8, 4) is 0 Å². The molecule has 0 aromatic carbocycles. The van der Waals surface area contributed by atoms with Gasteiger partial charge in [0, 0.05) is 0 Å². The predicted octanol–water partition coefficient (Wildman–Crippen LogP) is 1.21. The maximum absolute atomic E-state index is 11.6. The molecule has 0 aliphatic carbocycles. The van der Waals surface area contributed by atoms with Gasteiger partial charge in [0.25, 0.3) is 0 Å². The van der Waals surface area contributed by atoms with Gasteiger partial charge in [-0.1, -0.05) is 0 Å². The van der Waals surface area contributed by atoms with Gasteiger partial charge in [-0.25, -0.2) is 0 Å². The van der Waals surface area contributed by atoms with Crippen molar-refractivity contribution in [3.05, 3.63) is 0 Å². The van der Waals surface area contributed by atoms with Crippen molar-refractivity contribution in [1.82, 2.24) is 5.06 Å². The summed E-state index contributed by atoms with van der Waals surface area (Å²) >= 11 is 0. The zero-order chi connectivity index (χ0) is 8.15. The average molecular weight is 163 g/mol. The zero-order valence-electron chi connectivity index (χ0n) is 4.36. The molecule has 0 aromatic heterocycles. The van der Waals surface area contributed by atoms with Gasteiger partial charge < -0.3 is 5.21 Å². The van der Waals surface area contributed by atoms with E-state index >= 15 is 0 Å². The molecule has 0 amide bonds. The molecule has 1 aliphatic rings. The zero-order valence-corrected chi connectivity index (χ0v) is 4.36. The van der Waals surface area contributed by atoms with Gasteiger partial charge in [0.2, 0.25) is 6.04 Å². The van der Waals surface area contributed by atoms with Gasteiger partial charge in [0.1, 0.15) is 0 Å². The van der Waals surface area contributed by atoms with E-state index in [0.717, 1.165) is 0 Å². The van der Waals surface area contributed by atoms with Crippen LogP contribution in [0.15, 0.2) is 0 Å². The number of hydrogen-bond acceptors (Lipinski definition) is 2. The number of rotatable bonds is 0. The van der Waals surface area contributed by atoms with Crippen LogP contribution in [-0.4, -0.2) is 28.5 Å². The van der Waals surface area contributed by atoms with E-state index in [4.69, 9.17) is 5.21 Å². The third kappa shape index (κ3) is 0.853. The Morgan fingerprint density at radius 1 is 1.30 bits per heavy atom. The molecule has 2 atom stereocenters. The van der Waals surface area contributed by atoms with Crippen LogP contribution in [-0.2, 0) is 0 Å². The molecule has 1 N–H and O–H groups in total. The minimum absolute atomic E-state index is 1.02. The number of halogens is 5. The van der Waals surface area contributed by atoms with Gasteiger partial charge in [-0.15, -0.1) is 5.06 Å². The van der Waals surface area contributed by atoms with Crippen LogP contribution in [0.4, 0.5) is 22.0 Å². The molecule has 60 valence electrons. The van der Waals surface area contributed by atoms with Crippen molar-refractivity contribution < 1.29 is 27.2 Å². The van der Waals surface area contributed by atoms with E-state index in [1.807, 2.05) is 0 Å². The van der Waals surface area contributed by atoms with Crippen LogP contribution < -0.4 is 0 Å². The van der Waals surface area contributed by atoms with Gasteiger partial charge in [0.15, 0.2) is 0 Å². The lowest BCUT2D eigenvalue weighted by Crippen LogP contribution is -2.22. The minimum Gasteiger partial charge on any atom is -0.308 e. The van der Waals surface area contributed by atoms with Gasteiger partial charge in [0.05, 0.1) is 0 Å². The lowest BCUT2D eigenvalue weighted by molar-refractivity contribution is -0.161. The summed E-state index contributed by atoms with van der Waals surface area (Å²) in [6.07, 6.45) is -5.06. The topological polar surface area (TPSA) is 23.2 Å². The monoisotopic (exact) mass is 163 g/mol. The van der Waals surface area contributed by atoms with Crippen LogP contribution in [0.2, 0.25) is 0 Å². The maximum Gasteiger partial charge on any atom is 0.414 e. The highest BCUT2D eigenvalue weighted by Crippen LogP contribution is 2.50. The summed E-state index contributed by atoms with van der Waals surface area (Å²) < 4.78 is 57.2. The predicted molar refractivity (Wildman–Crippen MR) is 18.4 cm³/mol. The van der Waals surface area contributed by atoms with E-state index < -0.39 is 23.3 Å². The summed E-state index contributed by atoms with van der Waals surface area (Å²) in [7, 11) is 0.